The zero-order valence-corrected chi connectivity index (χ0v) is 20.9. The molecule has 0 aliphatic carbocycles. The van der Waals surface area contributed by atoms with Gasteiger partial charge in [-0.1, -0.05) is 6.08 Å². The van der Waals surface area contributed by atoms with Crippen LogP contribution in [-0.4, -0.2) is 78.0 Å². The summed E-state index contributed by atoms with van der Waals surface area (Å²) < 4.78 is 0. The fourth-order valence-corrected chi connectivity index (χ4v) is 7.30. The fraction of sp³-hybridized carbons (Fsp3) is 0.706. The van der Waals surface area contributed by atoms with Crippen molar-refractivity contribution in [2.24, 2.45) is 0 Å². The minimum Gasteiger partial charge on any atom is -0.113 e. The third-order valence-corrected chi connectivity index (χ3v) is 7.44. The van der Waals surface area contributed by atoms with Crippen LogP contribution in [0, 0.1) is 19.8 Å². The van der Waals surface area contributed by atoms with Crippen LogP contribution in [-0.2, 0) is 17.1 Å². The Morgan fingerprint density at radius 1 is 0.636 bits per heavy atom. The summed E-state index contributed by atoms with van der Waals surface area (Å²) in [6.45, 7) is 25.7. The second-order valence-electron chi connectivity index (χ2n) is 5.88. The first-order chi connectivity index (χ1) is 9.67. The zero-order chi connectivity index (χ0) is 17.3. The van der Waals surface area contributed by atoms with Gasteiger partial charge in [-0.15, -0.1) is 38.3 Å². The molecule has 0 N–H and O–H groups in total. The minimum atomic E-state index is 0. The summed E-state index contributed by atoms with van der Waals surface area (Å²) in [6.07, 6.45) is 11.1. The molecule has 0 rings (SSSR count). The summed E-state index contributed by atoms with van der Waals surface area (Å²) in [5, 5.41) is 0. The van der Waals surface area contributed by atoms with Crippen molar-refractivity contribution in [3.8, 4) is 0 Å². The van der Waals surface area contributed by atoms with Gasteiger partial charge in [-0.2, -0.15) is 0 Å². The molecule has 22 heavy (non-hydrogen) atoms. The van der Waals surface area contributed by atoms with Crippen LogP contribution in [0.4, 0.5) is 0 Å². The monoisotopic (exact) mass is 422 g/mol. The SMILES string of the molecule is CP(C)CCP(C)C.CP(C)CCP(C)C.[CH2][CH][CH]C=C.[Mn]. The van der Waals surface area contributed by atoms with Crippen LogP contribution in [0.2, 0.25) is 0 Å². The largest absolute Gasteiger partial charge is 0.113 e. The van der Waals surface area contributed by atoms with Crippen molar-refractivity contribution < 1.29 is 17.1 Å². The fourth-order valence-electron chi connectivity index (χ4n) is 0.896. The number of unbranched alkanes of at least 4 members (excludes halogenated alkanes) is 1. The maximum Gasteiger partial charge on any atom is 0 e. The predicted octanol–water partition coefficient (Wildman–Crippen LogP) is 6.35. The molecule has 0 heterocycles. The average Bonchev–Trinajstić information content (AvgIpc) is 2.36. The molecule has 0 fully saturated rings. The van der Waals surface area contributed by atoms with Crippen LogP contribution in [0.1, 0.15) is 0 Å². The Kier molecular flexibility index (Phi) is 36.4. The van der Waals surface area contributed by atoms with Crippen molar-refractivity contribution in [1.29, 1.82) is 0 Å². The summed E-state index contributed by atoms with van der Waals surface area (Å²) in [5.41, 5.74) is 0. The molecular weight excluding hydrogens is 383 g/mol. The summed E-state index contributed by atoms with van der Waals surface area (Å²) >= 11 is 0. The molecule has 4 radical (unpaired) electrons. The number of hydrogen-bond donors (Lipinski definition) is 0. The number of hydrogen-bond acceptors (Lipinski definition) is 0. The quantitative estimate of drug-likeness (QED) is 0.316. The standard InChI is InChI=1S/2C6H16P2.C5H7.Mn/c2*1-7(2)5-6-8(3)4;1-3-5-4-2;/h2*5-6H2,1-4H3;3-5H,1-2H2;. The predicted molar refractivity (Wildman–Crippen MR) is 119 cm³/mol. The molecule has 134 valence electrons. The van der Waals surface area contributed by atoms with Gasteiger partial charge in [-0.25, -0.2) is 0 Å². The van der Waals surface area contributed by atoms with Gasteiger partial charge >= 0.3 is 0 Å². The molecule has 0 spiro atoms. The van der Waals surface area contributed by atoms with E-state index in [1.165, 1.54) is 24.6 Å². The molecule has 0 aromatic heterocycles. The molecule has 0 aliphatic rings. The Bertz CT molecular complexity index is 163. The van der Waals surface area contributed by atoms with Gasteiger partial charge in [0.15, 0.2) is 0 Å². The van der Waals surface area contributed by atoms with Crippen molar-refractivity contribution in [3.05, 3.63) is 32.4 Å². The molecule has 0 unspecified atom stereocenters. The van der Waals surface area contributed by atoms with E-state index >= 15 is 0 Å². The second-order valence-corrected chi connectivity index (χ2v) is 16.3. The van der Waals surface area contributed by atoms with Crippen molar-refractivity contribution >= 4 is 31.7 Å². The Balaban J connectivity index is -0.000000111. The van der Waals surface area contributed by atoms with E-state index < -0.39 is 0 Å². The molecule has 0 aromatic rings. The maximum absolute atomic E-state index is 3.42. The van der Waals surface area contributed by atoms with Gasteiger partial charge in [0.2, 0.25) is 0 Å². The van der Waals surface area contributed by atoms with Crippen LogP contribution in [0.3, 0.4) is 0 Å². The average molecular weight is 422 g/mol. The van der Waals surface area contributed by atoms with Gasteiger partial charge in [-0.3, -0.25) is 0 Å². The maximum atomic E-state index is 3.42. The van der Waals surface area contributed by atoms with E-state index in [0.29, 0.717) is 31.7 Å². The van der Waals surface area contributed by atoms with Crippen LogP contribution in [0.25, 0.3) is 0 Å². The van der Waals surface area contributed by atoms with Crippen molar-refractivity contribution in [2.45, 2.75) is 0 Å². The van der Waals surface area contributed by atoms with Crippen molar-refractivity contribution in [1.82, 2.24) is 0 Å². The van der Waals surface area contributed by atoms with Crippen molar-refractivity contribution in [2.75, 3.05) is 78.0 Å². The second kappa shape index (κ2) is 25.2. The van der Waals surface area contributed by atoms with Crippen LogP contribution >= 0.6 is 31.7 Å². The molecule has 5 heteroatoms. The minimum absolute atomic E-state index is 0. The Morgan fingerprint density at radius 3 is 0.909 bits per heavy atom. The molecule has 0 saturated heterocycles. The Morgan fingerprint density at radius 2 is 0.864 bits per heavy atom. The van der Waals surface area contributed by atoms with Crippen LogP contribution in [0.15, 0.2) is 12.7 Å². The summed E-state index contributed by atoms with van der Waals surface area (Å²) in [4.78, 5) is 0. The molecule has 0 aliphatic heterocycles. The van der Waals surface area contributed by atoms with E-state index in [0.717, 1.165) is 0 Å². The van der Waals surface area contributed by atoms with Gasteiger partial charge < -0.3 is 0 Å². The van der Waals surface area contributed by atoms with Gasteiger partial charge in [0.05, 0.1) is 0 Å². The normalized spacial score (nSPS) is 9.86. The smallest absolute Gasteiger partial charge is 0 e. The van der Waals surface area contributed by atoms with Gasteiger partial charge in [-0.05, 0) is 97.7 Å². The van der Waals surface area contributed by atoms with Crippen molar-refractivity contribution in [3.63, 3.8) is 0 Å². The first-order valence-electron chi connectivity index (χ1n) is 7.33. The molecule has 0 nitrogen and oxygen atoms in total. The molecule has 0 saturated carbocycles. The summed E-state index contributed by atoms with van der Waals surface area (Å²) in [7, 11) is 1.53. The first kappa shape index (κ1) is 31.7. The molecule has 0 aromatic carbocycles. The molecule has 0 amide bonds. The number of rotatable bonds is 8. The van der Waals surface area contributed by atoms with Gasteiger partial charge in [0.1, 0.15) is 0 Å². The Labute approximate surface area is 158 Å². The van der Waals surface area contributed by atoms with E-state index in [1.807, 2.05) is 0 Å². The molecule has 0 atom stereocenters. The Hall–Kier alpha value is 1.98. The van der Waals surface area contributed by atoms with E-state index in [2.05, 4.69) is 66.8 Å². The third kappa shape index (κ3) is 49.5. The van der Waals surface area contributed by atoms with Crippen LogP contribution in [0.5, 0.6) is 0 Å². The molecular formula is C17H39MnP4. The summed E-state index contributed by atoms with van der Waals surface area (Å²) in [5.74, 6) is 0. The third-order valence-electron chi connectivity index (χ3n) is 2.26. The topological polar surface area (TPSA) is 0 Å². The van der Waals surface area contributed by atoms with E-state index in [9.17, 15) is 0 Å². The van der Waals surface area contributed by atoms with Gasteiger partial charge in [0.25, 0.3) is 0 Å². The molecule has 0 bridgehead atoms. The van der Waals surface area contributed by atoms with E-state index in [-0.39, 0.29) is 17.1 Å². The number of allylic oxidation sites excluding steroid dienone is 1. The van der Waals surface area contributed by atoms with E-state index in [1.54, 1.807) is 18.9 Å². The van der Waals surface area contributed by atoms with Gasteiger partial charge in [0, 0.05) is 17.1 Å². The zero-order valence-electron chi connectivity index (χ0n) is 16.1. The summed E-state index contributed by atoms with van der Waals surface area (Å²) in [6, 6.07) is 0. The van der Waals surface area contributed by atoms with E-state index in [4.69, 9.17) is 0 Å². The van der Waals surface area contributed by atoms with Crippen LogP contribution < -0.4 is 0 Å². The first-order valence-corrected chi connectivity index (χ1v) is 17.0.